The van der Waals surface area contributed by atoms with Gasteiger partial charge in [0.05, 0.1) is 0 Å². The van der Waals surface area contributed by atoms with Crippen molar-refractivity contribution in [1.82, 2.24) is 4.98 Å². The van der Waals surface area contributed by atoms with Gasteiger partial charge in [0, 0.05) is 31.2 Å². The third-order valence-electron chi connectivity index (χ3n) is 1.66. The Morgan fingerprint density at radius 2 is 2.50 bits per heavy atom. The molecule has 0 aliphatic carbocycles. The Bertz CT molecular complexity index is 291. The van der Waals surface area contributed by atoms with Crippen LogP contribution in [0.25, 0.3) is 0 Å². The second kappa shape index (κ2) is 6.56. The number of carbonyl (C=O) groups is 1. The highest BCUT2D eigenvalue weighted by Crippen LogP contribution is 2.18. The highest BCUT2D eigenvalue weighted by molar-refractivity contribution is 7.99. The van der Waals surface area contributed by atoms with E-state index in [0.717, 1.165) is 30.1 Å². The normalized spacial score (nSPS) is 10.1. The Hall–Kier alpha value is -0.870. The third kappa shape index (κ3) is 3.47. The van der Waals surface area contributed by atoms with Gasteiger partial charge in [-0.05, 0) is 18.6 Å². The Labute approximate surface area is 87.9 Å². The van der Waals surface area contributed by atoms with Gasteiger partial charge >= 0.3 is 0 Å². The molecule has 0 saturated carbocycles. The lowest BCUT2D eigenvalue weighted by Gasteiger charge is -2.02. The molecule has 1 aromatic heterocycles. The van der Waals surface area contributed by atoms with Gasteiger partial charge in [0.1, 0.15) is 5.03 Å². The fourth-order valence-corrected chi connectivity index (χ4v) is 1.86. The van der Waals surface area contributed by atoms with E-state index < -0.39 is 0 Å². The van der Waals surface area contributed by atoms with Crippen molar-refractivity contribution in [1.29, 1.82) is 0 Å². The minimum Gasteiger partial charge on any atom is -0.385 e. The molecule has 3 nitrogen and oxygen atoms in total. The maximum absolute atomic E-state index is 10.6. The lowest BCUT2D eigenvalue weighted by atomic mass is 10.3. The highest BCUT2D eigenvalue weighted by Gasteiger charge is 2.01. The fourth-order valence-electron chi connectivity index (χ4n) is 0.986. The monoisotopic (exact) mass is 211 g/mol. The maximum Gasteiger partial charge on any atom is 0.152 e. The molecular formula is C10H13NO2S. The second-order valence-electron chi connectivity index (χ2n) is 2.71. The van der Waals surface area contributed by atoms with Gasteiger partial charge in [-0.25, -0.2) is 4.98 Å². The van der Waals surface area contributed by atoms with Crippen molar-refractivity contribution >= 4 is 18.0 Å². The van der Waals surface area contributed by atoms with Gasteiger partial charge in [-0.1, -0.05) is 0 Å². The molecule has 1 aromatic rings. The topological polar surface area (TPSA) is 39.2 Å². The average Bonchev–Trinajstić information content (AvgIpc) is 2.25. The minimum atomic E-state index is 0.662. The fraction of sp³-hybridized carbons (Fsp3) is 0.400. The molecule has 14 heavy (non-hydrogen) atoms. The van der Waals surface area contributed by atoms with Crippen LogP contribution in [-0.2, 0) is 4.74 Å². The molecule has 0 N–H and O–H groups in total. The van der Waals surface area contributed by atoms with Crippen molar-refractivity contribution < 1.29 is 9.53 Å². The van der Waals surface area contributed by atoms with E-state index in [4.69, 9.17) is 4.74 Å². The summed E-state index contributed by atoms with van der Waals surface area (Å²) in [5, 5.41) is 0.804. The van der Waals surface area contributed by atoms with Gasteiger partial charge in [-0.2, -0.15) is 0 Å². The van der Waals surface area contributed by atoms with Crippen molar-refractivity contribution in [3.63, 3.8) is 0 Å². The molecule has 1 rings (SSSR count). The van der Waals surface area contributed by atoms with Crippen molar-refractivity contribution in [3.05, 3.63) is 23.9 Å². The van der Waals surface area contributed by atoms with E-state index in [1.807, 2.05) is 0 Å². The van der Waals surface area contributed by atoms with Crippen LogP contribution < -0.4 is 0 Å². The Kier molecular flexibility index (Phi) is 5.25. The van der Waals surface area contributed by atoms with Crippen LogP contribution in [0.15, 0.2) is 23.4 Å². The zero-order valence-electron chi connectivity index (χ0n) is 8.10. The van der Waals surface area contributed by atoms with Gasteiger partial charge < -0.3 is 4.74 Å². The quantitative estimate of drug-likeness (QED) is 0.410. The van der Waals surface area contributed by atoms with Gasteiger partial charge in [0.15, 0.2) is 6.29 Å². The molecule has 0 aliphatic rings. The van der Waals surface area contributed by atoms with E-state index in [1.54, 1.807) is 37.2 Å². The molecule has 0 amide bonds. The van der Waals surface area contributed by atoms with Crippen LogP contribution in [0.4, 0.5) is 0 Å². The number of methoxy groups -OCH3 is 1. The summed E-state index contributed by atoms with van der Waals surface area (Å²) in [6.07, 6.45) is 3.51. The molecule has 0 saturated heterocycles. The standard InChI is InChI=1S/C10H13NO2S/c1-13-6-3-7-14-10-9(8-12)4-2-5-11-10/h2,4-5,8H,3,6-7H2,1H3. The predicted octanol–water partition coefficient (Wildman–Crippen LogP) is 2.02. The lowest BCUT2D eigenvalue weighted by Crippen LogP contribution is -1.93. The third-order valence-corrected chi connectivity index (χ3v) is 2.77. The van der Waals surface area contributed by atoms with E-state index in [-0.39, 0.29) is 0 Å². The molecule has 0 bridgehead atoms. The number of rotatable bonds is 6. The van der Waals surface area contributed by atoms with Crippen molar-refractivity contribution in [3.8, 4) is 0 Å². The van der Waals surface area contributed by atoms with Gasteiger partial charge in [0.25, 0.3) is 0 Å². The first kappa shape index (κ1) is 11.2. The SMILES string of the molecule is COCCCSc1ncccc1C=O. The summed E-state index contributed by atoms with van der Waals surface area (Å²) in [6, 6.07) is 3.54. The summed E-state index contributed by atoms with van der Waals surface area (Å²) in [5.74, 6) is 0.922. The largest absolute Gasteiger partial charge is 0.385 e. The summed E-state index contributed by atoms with van der Waals surface area (Å²) < 4.78 is 4.93. The number of pyridine rings is 1. The molecule has 76 valence electrons. The number of hydrogen-bond donors (Lipinski definition) is 0. The molecule has 0 aromatic carbocycles. The van der Waals surface area contributed by atoms with Crippen LogP contribution >= 0.6 is 11.8 Å². The Morgan fingerprint density at radius 3 is 3.21 bits per heavy atom. The van der Waals surface area contributed by atoms with Gasteiger partial charge in [0.2, 0.25) is 0 Å². The predicted molar refractivity (Wildman–Crippen MR) is 56.8 cm³/mol. The molecule has 0 unspecified atom stereocenters. The van der Waals surface area contributed by atoms with Crippen molar-refractivity contribution in [2.24, 2.45) is 0 Å². The van der Waals surface area contributed by atoms with Crippen LogP contribution in [0.5, 0.6) is 0 Å². The number of aromatic nitrogens is 1. The van der Waals surface area contributed by atoms with E-state index >= 15 is 0 Å². The molecule has 4 heteroatoms. The first-order valence-corrected chi connectivity index (χ1v) is 5.39. The highest BCUT2D eigenvalue weighted by atomic mass is 32.2. The average molecular weight is 211 g/mol. The molecule has 0 spiro atoms. The molecular weight excluding hydrogens is 198 g/mol. The summed E-state index contributed by atoms with van der Waals surface area (Å²) in [5.41, 5.74) is 0.662. The zero-order chi connectivity index (χ0) is 10.2. The molecule has 0 radical (unpaired) electrons. The minimum absolute atomic E-state index is 0.662. The Morgan fingerprint density at radius 1 is 1.64 bits per heavy atom. The number of aldehydes is 1. The van der Waals surface area contributed by atoms with E-state index in [2.05, 4.69) is 4.98 Å². The van der Waals surface area contributed by atoms with Crippen LogP contribution in [0.1, 0.15) is 16.8 Å². The van der Waals surface area contributed by atoms with Crippen molar-refractivity contribution in [2.45, 2.75) is 11.4 Å². The van der Waals surface area contributed by atoms with Crippen LogP contribution in [-0.4, -0.2) is 30.7 Å². The number of nitrogens with zero attached hydrogens (tertiary/aromatic N) is 1. The maximum atomic E-state index is 10.6. The first-order chi connectivity index (χ1) is 6.88. The summed E-state index contributed by atoms with van der Waals surface area (Å²) in [4.78, 5) is 14.8. The lowest BCUT2D eigenvalue weighted by molar-refractivity contribution is 0.112. The molecule has 0 aliphatic heterocycles. The van der Waals surface area contributed by atoms with E-state index in [0.29, 0.717) is 5.56 Å². The van der Waals surface area contributed by atoms with Crippen LogP contribution in [0.2, 0.25) is 0 Å². The van der Waals surface area contributed by atoms with Crippen LogP contribution in [0, 0.1) is 0 Å². The first-order valence-electron chi connectivity index (χ1n) is 4.40. The number of carbonyl (C=O) groups excluding carboxylic acids is 1. The summed E-state index contributed by atoms with van der Waals surface area (Å²) in [7, 11) is 1.68. The zero-order valence-corrected chi connectivity index (χ0v) is 8.92. The summed E-state index contributed by atoms with van der Waals surface area (Å²) in [6.45, 7) is 0.746. The van der Waals surface area contributed by atoms with Gasteiger partial charge in [-0.15, -0.1) is 11.8 Å². The van der Waals surface area contributed by atoms with E-state index in [9.17, 15) is 4.79 Å². The molecule has 0 atom stereocenters. The number of ether oxygens (including phenoxy) is 1. The number of thioether (sulfide) groups is 1. The molecule has 1 heterocycles. The van der Waals surface area contributed by atoms with Crippen LogP contribution in [0.3, 0.4) is 0 Å². The Balaban J connectivity index is 2.45. The smallest absolute Gasteiger partial charge is 0.152 e. The van der Waals surface area contributed by atoms with Crippen molar-refractivity contribution in [2.75, 3.05) is 19.5 Å². The molecule has 0 fully saturated rings. The number of hydrogen-bond acceptors (Lipinski definition) is 4. The second-order valence-corrected chi connectivity index (χ2v) is 3.79. The van der Waals surface area contributed by atoms with Gasteiger partial charge in [-0.3, -0.25) is 4.79 Å². The van der Waals surface area contributed by atoms with E-state index in [1.165, 1.54) is 0 Å². The summed E-state index contributed by atoms with van der Waals surface area (Å²) >= 11 is 1.59.